The molecule has 0 bridgehead atoms. The average molecular weight is 372 g/mol. The quantitative estimate of drug-likeness (QED) is 0.455. The van der Waals surface area contributed by atoms with Gasteiger partial charge in [0.25, 0.3) is 11.6 Å². The molecular weight excluding hydrogens is 352 g/mol. The summed E-state index contributed by atoms with van der Waals surface area (Å²) in [5.41, 5.74) is 2.14. The molecular formula is C19H20N2O6. The summed E-state index contributed by atoms with van der Waals surface area (Å²) in [5, 5.41) is 13.5. The number of nitrogens with one attached hydrogen (secondary N) is 1. The first-order valence-electron chi connectivity index (χ1n) is 8.18. The Morgan fingerprint density at radius 1 is 1.00 bits per heavy atom. The molecule has 0 aliphatic carbocycles. The first-order chi connectivity index (χ1) is 12.8. The van der Waals surface area contributed by atoms with Gasteiger partial charge in [-0.05, 0) is 37.5 Å². The van der Waals surface area contributed by atoms with E-state index in [4.69, 9.17) is 9.47 Å². The Balaban J connectivity index is 1.89. The van der Waals surface area contributed by atoms with Gasteiger partial charge in [-0.25, -0.2) is 4.79 Å². The van der Waals surface area contributed by atoms with E-state index in [2.05, 4.69) is 5.32 Å². The molecule has 0 heterocycles. The van der Waals surface area contributed by atoms with Gasteiger partial charge in [0.2, 0.25) is 0 Å². The number of ether oxygens (including phenoxy) is 2. The highest BCUT2D eigenvalue weighted by Gasteiger charge is 2.18. The van der Waals surface area contributed by atoms with Gasteiger partial charge in [-0.2, -0.15) is 0 Å². The molecule has 8 heteroatoms. The lowest BCUT2D eigenvalue weighted by atomic mass is 10.1. The summed E-state index contributed by atoms with van der Waals surface area (Å²) < 4.78 is 10.3. The third-order valence-electron chi connectivity index (χ3n) is 3.82. The highest BCUT2D eigenvalue weighted by molar-refractivity contribution is 5.95. The first kappa shape index (κ1) is 19.9. The second-order valence-corrected chi connectivity index (χ2v) is 5.94. The maximum absolute atomic E-state index is 12.0. The highest BCUT2D eigenvalue weighted by atomic mass is 16.6. The Bertz CT molecular complexity index is 858. The van der Waals surface area contributed by atoms with Gasteiger partial charge < -0.3 is 14.8 Å². The van der Waals surface area contributed by atoms with Crippen molar-refractivity contribution in [3.05, 3.63) is 63.2 Å². The minimum absolute atomic E-state index is 0.0790. The molecule has 1 N–H and O–H groups in total. The molecule has 2 aromatic rings. The molecule has 2 rings (SSSR count). The van der Waals surface area contributed by atoms with Crippen molar-refractivity contribution in [1.29, 1.82) is 0 Å². The van der Waals surface area contributed by atoms with Crippen LogP contribution >= 0.6 is 0 Å². The smallest absolute Gasteiger partial charge is 0.344 e. The Morgan fingerprint density at radius 2 is 1.59 bits per heavy atom. The van der Waals surface area contributed by atoms with E-state index in [1.54, 1.807) is 13.0 Å². The zero-order valence-electron chi connectivity index (χ0n) is 15.3. The van der Waals surface area contributed by atoms with Crippen LogP contribution in [0.15, 0.2) is 36.4 Å². The van der Waals surface area contributed by atoms with Gasteiger partial charge >= 0.3 is 5.97 Å². The van der Waals surface area contributed by atoms with Crippen molar-refractivity contribution < 1.29 is 24.0 Å². The number of benzene rings is 2. The zero-order chi connectivity index (χ0) is 20.0. The maximum atomic E-state index is 12.0. The summed E-state index contributed by atoms with van der Waals surface area (Å²) in [5.74, 6) is -0.797. The average Bonchev–Trinajstić information content (AvgIpc) is 2.61. The van der Waals surface area contributed by atoms with Crippen molar-refractivity contribution in [3.63, 3.8) is 0 Å². The fourth-order valence-corrected chi connectivity index (χ4v) is 2.49. The van der Waals surface area contributed by atoms with Crippen molar-refractivity contribution in [3.8, 4) is 5.75 Å². The summed E-state index contributed by atoms with van der Waals surface area (Å²) in [4.78, 5) is 34.2. The Kier molecular flexibility index (Phi) is 6.48. The predicted octanol–water partition coefficient (Wildman–Crippen LogP) is 3.08. The molecule has 0 spiro atoms. The van der Waals surface area contributed by atoms with Crippen LogP contribution in [0.2, 0.25) is 0 Å². The third-order valence-corrected chi connectivity index (χ3v) is 3.82. The molecule has 142 valence electrons. The lowest BCUT2D eigenvalue weighted by molar-refractivity contribution is -0.384. The number of nitro groups is 1. The molecule has 0 aliphatic rings. The maximum Gasteiger partial charge on any atom is 0.344 e. The predicted molar refractivity (Wildman–Crippen MR) is 98.8 cm³/mol. The van der Waals surface area contributed by atoms with Crippen molar-refractivity contribution in [2.45, 2.75) is 20.8 Å². The molecule has 0 saturated carbocycles. The molecule has 0 aliphatic heterocycles. The van der Waals surface area contributed by atoms with Crippen molar-refractivity contribution in [2.75, 3.05) is 18.5 Å². The molecule has 0 atom stereocenters. The fraction of sp³-hybridized carbons (Fsp3) is 0.263. The van der Waals surface area contributed by atoms with Crippen LogP contribution in [0.5, 0.6) is 5.75 Å². The SMILES string of the molecule is Cc1cccc([N+](=O)[O-])c1NC(=O)COC(=O)COc1c(C)cccc1C. The van der Waals surface area contributed by atoms with Gasteiger partial charge in [-0.3, -0.25) is 14.9 Å². The van der Waals surface area contributed by atoms with Gasteiger partial charge in [0.1, 0.15) is 11.4 Å². The number of hydrogen-bond acceptors (Lipinski definition) is 6. The van der Waals surface area contributed by atoms with Crippen molar-refractivity contribution >= 4 is 23.3 Å². The topological polar surface area (TPSA) is 108 Å². The highest BCUT2D eigenvalue weighted by Crippen LogP contribution is 2.27. The van der Waals surface area contributed by atoms with Crippen LogP contribution in [-0.2, 0) is 14.3 Å². The van der Waals surface area contributed by atoms with Gasteiger partial charge in [-0.15, -0.1) is 0 Å². The van der Waals surface area contributed by atoms with Crippen LogP contribution in [0, 0.1) is 30.9 Å². The molecule has 0 aromatic heterocycles. The number of para-hydroxylation sites is 2. The van der Waals surface area contributed by atoms with E-state index in [0.717, 1.165) is 11.1 Å². The molecule has 0 saturated heterocycles. The van der Waals surface area contributed by atoms with E-state index >= 15 is 0 Å². The number of anilines is 1. The van der Waals surface area contributed by atoms with Gasteiger partial charge in [-0.1, -0.05) is 30.3 Å². The van der Waals surface area contributed by atoms with E-state index in [-0.39, 0.29) is 18.0 Å². The van der Waals surface area contributed by atoms with E-state index < -0.39 is 23.4 Å². The normalized spacial score (nSPS) is 10.2. The molecule has 0 fully saturated rings. The van der Waals surface area contributed by atoms with E-state index in [1.807, 2.05) is 32.0 Å². The van der Waals surface area contributed by atoms with E-state index in [0.29, 0.717) is 11.3 Å². The van der Waals surface area contributed by atoms with E-state index in [9.17, 15) is 19.7 Å². The Hall–Kier alpha value is -3.42. The summed E-state index contributed by atoms with van der Waals surface area (Å²) in [6.45, 7) is 4.43. The molecule has 0 unspecified atom stereocenters. The van der Waals surface area contributed by atoms with Crippen LogP contribution in [-0.4, -0.2) is 30.0 Å². The number of nitrogens with zero attached hydrogens (tertiary/aromatic N) is 1. The lowest BCUT2D eigenvalue weighted by Gasteiger charge is -2.12. The number of amides is 1. The molecule has 1 amide bonds. The second kappa shape index (κ2) is 8.79. The van der Waals surface area contributed by atoms with Crippen LogP contribution in [0.4, 0.5) is 11.4 Å². The number of esters is 1. The number of hydrogen-bond donors (Lipinski definition) is 1. The number of carbonyl (C=O) groups excluding carboxylic acids is 2. The molecule has 27 heavy (non-hydrogen) atoms. The summed E-state index contributed by atoms with van der Waals surface area (Å²) in [6.07, 6.45) is 0. The number of rotatable bonds is 7. The fourth-order valence-electron chi connectivity index (χ4n) is 2.49. The van der Waals surface area contributed by atoms with Crippen LogP contribution in [0.3, 0.4) is 0 Å². The summed E-state index contributed by atoms with van der Waals surface area (Å²) in [7, 11) is 0. The van der Waals surface area contributed by atoms with Gasteiger partial charge in [0.05, 0.1) is 4.92 Å². The summed E-state index contributed by atoms with van der Waals surface area (Å²) >= 11 is 0. The zero-order valence-corrected chi connectivity index (χ0v) is 15.3. The number of carbonyl (C=O) groups is 2. The first-order valence-corrected chi connectivity index (χ1v) is 8.18. The van der Waals surface area contributed by atoms with Gasteiger partial charge in [0.15, 0.2) is 13.2 Å². The van der Waals surface area contributed by atoms with E-state index in [1.165, 1.54) is 12.1 Å². The Morgan fingerprint density at radius 3 is 2.22 bits per heavy atom. The van der Waals surface area contributed by atoms with Crippen molar-refractivity contribution in [2.24, 2.45) is 0 Å². The van der Waals surface area contributed by atoms with Crippen LogP contribution in [0.1, 0.15) is 16.7 Å². The van der Waals surface area contributed by atoms with Crippen LogP contribution in [0.25, 0.3) is 0 Å². The second-order valence-electron chi connectivity index (χ2n) is 5.94. The van der Waals surface area contributed by atoms with Gasteiger partial charge in [0, 0.05) is 6.07 Å². The minimum Gasteiger partial charge on any atom is -0.481 e. The number of nitro benzene ring substituents is 1. The number of aryl methyl sites for hydroxylation is 3. The monoisotopic (exact) mass is 372 g/mol. The lowest BCUT2D eigenvalue weighted by Crippen LogP contribution is -2.24. The minimum atomic E-state index is -0.716. The van der Waals surface area contributed by atoms with Crippen molar-refractivity contribution in [1.82, 2.24) is 0 Å². The summed E-state index contributed by atoms with van der Waals surface area (Å²) in [6, 6.07) is 10.0. The standard InChI is InChI=1S/C19H20N2O6/c1-12-6-5-9-15(21(24)25)18(12)20-16(22)10-26-17(23)11-27-19-13(2)7-4-8-14(19)3/h4-9H,10-11H2,1-3H3,(H,20,22). The molecule has 8 nitrogen and oxygen atoms in total. The molecule has 0 radical (unpaired) electrons. The third kappa shape index (κ3) is 5.27. The van der Waals surface area contributed by atoms with Crippen LogP contribution < -0.4 is 10.1 Å². The molecule has 2 aromatic carbocycles. The largest absolute Gasteiger partial charge is 0.481 e. The Labute approximate surface area is 156 Å².